The standard InChI is InChI=1S/C19H16N2O/c1-11-12(2)21-18(13(3)20-11)16-9-6-8-15-14-7-4-5-10-17(14)22-19(15)16/h4-10H,1-3H3. The number of benzene rings is 2. The predicted molar refractivity (Wildman–Crippen MR) is 89.0 cm³/mol. The molecule has 0 atom stereocenters. The minimum atomic E-state index is 0.879. The zero-order valence-electron chi connectivity index (χ0n) is 12.8. The van der Waals surface area contributed by atoms with Gasteiger partial charge in [-0.15, -0.1) is 0 Å². The second-order valence-electron chi connectivity index (χ2n) is 5.61. The topological polar surface area (TPSA) is 38.9 Å². The summed E-state index contributed by atoms with van der Waals surface area (Å²) in [4.78, 5) is 9.35. The number of aromatic nitrogens is 2. The van der Waals surface area contributed by atoms with Gasteiger partial charge < -0.3 is 4.42 Å². The molecule has 0 spiro atoms. The van der Waals surface area contributed by atoms with Crippen molar-refractivity contribution in [1.29, 1.82) is 0 Å². The maximum Gasteiger partial charge on any atom is 0.144 e. The molecule has 0 fully saturated rings. The molecule has 0 aliphatic rings. The number of hydrogen-bond acceptors (Lipinski definition) is 3. The number of fused-ring (bicyclic) bond motifs is 3. The lowest BCUT2D eigenvalue weighted by Gasteiger charge is -2.08. The summed E-state index contributed by atoms with van der Waals surface area (Å²) in [5.74, 6) is 0. The lowest BCUT2D eigenvalue weighted by atomic mass is 10.0. The van der Waals surface area contributed by atoms with E-state index in [0.29, 0.717) is 0 Å². The van der Waals surface area contributed by atoms with Gasteiger partial charge in [-0.3, -0.25) is 4.98 Å². The van der Waals surface area contributed by atoms with E-state index in [1.54, 1.807) is 0 Å². The van der Waals surface area contributed by atoms with E-state index >= 15 is 0 Å². The third-order valence-electron chi connectivity index (χ3n) is 4.14. The van der Waals surface area contributed by atoms with Crippen LogP contribution in [0, 0.1) is 20.8 Å². The second-order valence-corrected chi connectivity index (χ2v) is 5.61. The van der Waals surface area contributed by atoms with Crippen molar-refractivity contribution in [3.8, 4) is 11.3 Å². The number of nitrogens with zero attached hydrogens (tertiary/aromatic N) is 2. The van der Waals surface area contributed by atoms with Gasteiger partial charge >= 0.3 is 0 Å². The molecule has 3 heteroatoms. The van der Waals surface area contributed by atoms with Crippen LogP contribution >= 0.6 is 0 Å². The van der Waals surface area contributed by atoms with Gasteiger partial charge in [0, 0.05) is 16.3 Å². The Morgan fingerprint density at radius 3 is 2.32 bits per heavy atom. The molecule has 3 nitrogen and oxygen atoms in total. The average molecular weight is 288 g/mol. The molecule has 0 saturated heterocycles. The first kappa shape index (κ1) is 13.0. The number of furan rings is 1. The Labute approximate surface area is 128 Å². The van der Waals surface area contributed by atoms with Crippen LogP contribution < -0.4 is 0 Å². The smallest absolute Gasteiger partial charge is 0.144 e. The number of para-hydroxylation sites is 2. The van der Waals surface area contributed by atoms with E-state index in [9.17, 15) is 0 Å². The molecule has 22 heavy (non-hydrogen) atoms. The van der Waals surface area contributed by atoms with Gasteiger partial charge in [-0.25, -0.2) is 4.98 Å². The molecule has 4 rings (SSSR count). The first-order valence-corrected chi connectivity index (χ1v) is 7.37. The van der Waals surface area contributed by atoms with Gasteiger partial charge in [0.15, 0.2) is 0 Å². The number of hydrogen-bond donors (Lipinski definition) is 0. The molecule has 0 aliphatic carbocycles. The van der Waals surface area contributed by atoms with Crippen LogP contribution in [-0.4, -0.2) is 9.97 Å². The Morgan fingerprint density at radius 2 is 1.45 bits per heavy atom. The van der Waals surface area contributed by atoms with Crippen molar-refractivity contribution in [1.82, 2.24) is 9.97 Å². The lowest BCUT2D eigenvalue weighted by Crippen LogP contribution is -1.99. The third kappa shape index (κ3) is 1.82. The zero-order chi connectivity index (χ0) is 15.3. The van der Waals surface area contributed by atoms with Gasteiger partial charge in [-0.2, -0.15) is 0 Å². The zero-order valence-corrected chi connectivity index (χ0v) is 12.8. The average Bonchev–Trinajstić information content (AvgIpc) is 2.90. The summed E-state index contributed by atoms with van der Waals surface area (Å²) in [6.07, 6.45) is 0. The van der Waals surface area contributed by atoms with E-state index in [-0.39, 0.29) is 0 Å². The van der Waals surface area contributed by atoms with Gasteiger partial charge in [0.1, 0.15) is 11.2 Å². The minimum Gasteiger partial charge on any atom is -0.455 e. The Kier molecular flexibility index (Phi) is 2.76. The molecule has 4 aromatic rings. The second kappa shape index (κ2) is 4.67. The highest BCUT2D eigenvalue weighted by Gasteiger charge is 2.15. The van der Waals surface area contributed by atoms with Crippen molar-refractivity contribution in [3.63, 3.8) is 0 Å². The summed E-state index contributed by atoms with van der Waals surface area (Å²) < 4.78 is 6.10. The van der Waals surface area contributed by atoms with Crippen molar-refractivity contribution in [2.45, 2.75) is 20.8 Å². The monoisotopic (exact) mass is 288 g/mol. The highest BCUT2D eigenvalue weighted by molar-refractivity contribution is 6.09. The first-order valence-electron chi connectivity index (χ1n) is 7.37. The van der Waals surface area contributed by atoms with Crippen molar-refractivity contribution < 1.29 is 4.42 Å². The van der Waals surface area contributed by atoms with Gasteiger partial charge in [-0.1, -0.05) is 30.3 Å². The third-order valence-corrected chi connectivity index (χ3v) is 4.14. The highest BCUT2D eigenvalue weighted by atomic mass is 16.3. The van der Waals surface area contributed by atoms with Gasteiger partial charge in [-0.05, 0) is 32.9 Å². The van der Waals surface area contributed by atoms with E-state index in [2.05, 4.69) is 29.2 Å². The van der Waals surface area contributed by atoms with Crippen LogP contribution in [0.2, 0.25) is 0 Å². The number of aryl methyl sites for hydroxylation is 3. The van der Waals surface area contributed by atoms with E-state index in [1.165, 1.54) is 0 Å². The fourth-order valence-corrected chi connectivity index (χ4v) is 2.90. The minimum absolute atomic E-state index is 0.879. The molecule has 0 aliphatic heterocycles. The Balaban J connectivity index is 2.09. The van der Waals surface area contributed by atoms with E-state index in [4.69, 9.17) is 9.40 Å². The summed E-state index contributed by atoms with van der Waals surface area (Å²) in [6.45, 7) is 5.97. The van der Waals surface area contributed by atoms with Crippen LogP contribution in [0.4, 0.5) is 0 Å². The number of rotatable bonds is 1. The maximum atomic E-state index is 6.10. The van der Waals surface area contributed by atoms with Crippen LogP contribution in [0.3, 0.4) is 0 Å². The lowest BCUT2D eigenvalue weighted by molar-refractivity contribution is 0.669. The van der Waals surface area contributed by atoms with Gasteiger partial charge in [0.2, 0.25) is 0 Å². The molecule has 0 amide bonds. The summed E-state index contributed by atoms with van der Waals surface area (Å²) >= 11 is 0. The van der Waals surface area contributed by atoms with E-state index in [1.807, 2.05) is 39.0 Å². The molecule has 2 heterocycles. The van der Waals surface area contributed by atoms with Crippen LogP contribution in [0.1, 0.15) is 17.1 Å². The summed E-state index contributed by atoms with van der Waals surface area (Å²) in [5, 5.41) is 2.25. The molecular formula is C19H16N2O. The van der Waals surface area contributed by atoms with Crippen LogP contribution in [0.5, 0.6) is 0 Å². The molecule has 0 radical (unpaired) electrons. The first-order chi connectivity index (χ1) is 10.6. The van der Waals surface area contributed by atoms with E-state index in [0.717, 1.165) is 50.3 Å². The normalized spacial score (nSPS) is 11.4. The maximum absolute atomic E-state index is 6.10. The molecule has 2 aromatic heterocycles. The molecule has 108 valence electrons. The SMILES string of the molecule is Cc1nc(C)c(-c2cccc3c2oc2ccccc23)nc1C. The largest absolute Gasteiger partial charge is 0.455 e. The Hall–Kier alpha value is -2.68. The van der Waals surface area contributed by atoms with Crippen molar-refractivity contribution in [2.24, 2.45) is 0 Å². The summed E-state index contributed by atoms with van der Waals surface area (Å²) in [7, 11) is 0. The molecule has 0 unspecified atom stereocenters. The van der Waals surface area contributed by atoms with E-state index < -0.39 is 0 Å². The molecule has 0 bridgehead atoms. The molecule has 2 aromatic carbocycles. The predicted octanol–water partition coefficient (Wildman–Crippen LogP) is 4.97. The van der Waals surface area contributed by atoms with Gasteiger partial charge in [0.25, 0.3) is 0 Å². The van der Waals surface area contributed by atoms with Crippen molar-refractivity contribution in [3.05, 3.63) is 59.5 Å². The van der Waals surface area contributed by atoms with Crippen LogP contribution in [-0.2, 0) is 0 Å². The highest BCUT2D eigenvalue weighted by Crippen LogP contribution is 2.35. The molecular weight excluding hydrogens is 272 g/mol. The van der Waals surface area contributed by atoms with Crippen molar-refractivity contribution >= 4 is 21.9 Å². The van der Waals surface area contributed by atoms with Crippen LogP contribution in [0.15, 0.2) is 46.9 Å². The fourth-order valence-electron chi connectivity index (χ4n) is 2.90. The molecule has 0 saturated carbocycles. The summed E-state index contributed by atoms with van der Waals surface area (Å²) in [5.41, 5.74) is 6.53. The van der Waals surface area contributed by atoms with Crippen molar-refractivity contribution in [2.75, 3.05) is 0 Å². The summed E-state index contributed by atoms with van der Waals surface area (Å²) in [6, 6.07) is 14.3. The van der Waals surface area contributed by atoms with Gasteiger partial charge in [0.05, 0.1) is 22.8 Å². The fraction of sp³-hybridized carbons (Fsp3) is 0.158. The van der Waals surface area contributed by atoms with Crippen LogP contribution in [0.25, 0.3) is 33.2 Å². The quantitative estimate of drug-likeness (QED) is 0.496. The molecule has 0 N–H and O–H groups in total. The Morgan fingerprint density at radius 1 is 0.727 bits per heavy atom. The Bertz CT molecular complexity index is 1010.